The Morgan fingerprint density at radius 2 is 1.92 bits per heavy atom. The van der Waals surface area contributed by atoms with Gasteiger partial charge in [0.2, 0.25) is 0 Å². The first-order valence-corrected chi connectivity index (χ1v) is 3.34. The fourth-order valence-corrected chi connectivity index (χ4v) is 0.666. The lowest BCUT2D eigenvalue weighted by molar-refractivity contribution is 0.628. The van der Waals surface area contributed by atoms with Gasteiger partial charge in [-0.05, 0) is 24.3 Å². The molecule has 1 aromatic rings. The van der Waals surface area contributed by atoms with Gasteiger partial charge in [-0.3, -0.25) is 0 Å². The van der Waals surface area contributed by atoms with Crippen molar-refractivity contribution >= 4 is 18.4 Å². The Hall–Kier alpha value is -1.71. The van der Waals surface area contributed by atoms with Crippen molar-refractivity contribution in [3.8, 4) is 0 Å². The van der Waals surface area contributed by atoms with Crippen LogP contribution in [0.2, 0.25) is 0 Å². The molecule has 0 atom stereocenters. The summed E-state index contributed by atoms with van der Waals surface area (Å²) in [5, 5.41) is 0. The fourth-order valence-electron chi connectivity index (χ4n) is 0.666. The molecular formula is C8H8FN3. The Morgan fingerprint density at radius 3 is 2.50 bits per heavy atom. The predicted molar refractivity (Wildman–Crippen MR) is 47.2 cm³/mol. The van der Waals surface area contributed by atoms with E-state index in [-0.39, 0.29) is 5.82 Å². The zero-order chi connectivity index (χ0) is 8.81. The van der Waals surface area contributed by atoms with E-state index in [1.807, 2.05) is 0 Å². The van der Waals surface area contributed by atoms with Crippen LogP contribution in [0, 0.1) is 5.82 Å². The molecule has 3 nitrogen and oxygen atoms in total. The molecule has 0 saturated heterocycles. The third-order valence-corrected chi connectivity index (χ3v) is 1.19. The summed E-state index contributed by atoms with van der Waals surface area (Å²) in [5.74, 6) is -0.281. The number of halogens is 1. The Kier molecular flexibility index (Phi) is 2.95. The highest BCUT2D eigenvalue weighted by atomic mass is 19.1. The van der Waals surface area contributed by atoms with E-state index in [0.717, 1.165) is 6.34 Å². The maximum Gasteiger partial charge on any atom is 0.123 e. The lowest BCUT2D eigenvalue weighted by atomic mass is 10.3. The van der Waals surface area contributed by atoms with Crippen molar-refractivity contribution in [2.24, 2.45) is 15.7 Å². The van der Waals surface area contributed by atoms with Crippen LogP contribution in [0.15, 0.2) is 34.3 Å². The molecule has 0 heterocycles. The molecule has 62 valence electrons. The average molecular weight is 165 g/mol. The lowest BCUT2D eigenvalue weighted by Crippen LogP contribution is -1.87. The standard InChI is InChI=1S/C8H8FN3/c9-7-1-3-8(4-2-7)12-6-11-5-10/h1-6H,(H2,10,11,12). The molecule has 0 aliphatic rings. The highest BCUT2D eigenvalue weighted by molar-refractivity contribution is 5.71. The van der Waals surface area contributed by atoms with Crippen LogP contribution in [-0.4, -0.2) is 12.7 Å². The van der Waals surface area contributed by atoms with Gasteiger partial charge in [-0.15, -0.1) is 0 Å². The molecule has 0 unspecified atom stereocenters. The number of nitrogens with two attached hydrogens (primary N) is 1. The third-order valence-electron chi connectivity index (χ3n) is 1.19. The van der Waals surface area contributed by atoms with E-state index in [9.17, 15) is 4.39 Å². The molecular weight excluding hydrogens is 157 g/mol. The molecule has 2 N–H and O–H groups in total. The number of nitrogens with zero attached hydrogens (tertiary/aromatic N) is 2. The highest BCUT2D eigenvalue weighted by Gasteiger charge is 1.87. The first-order chi connectivity index (χ1) is 5.83. The fraction of sp³-hybridized carbons (Fsp3) is 0. The minimum atomic E-state index is -0.281. The van der Waals surface area contributed by atoms with Crippen LogP contribution in [0.4, 0.5) is 10.1 Å². The molecule has 1 rings (SSSR count). The topological polar surface area (TPSA) is 50.7 Å². The Morgan fingerprint density at radius 1 is 1.25 bits per heavy atom. The van der Waals surface area contributed by atoms with Crippen LogP contribution in [0.3, 0.4) is 0 Å². The van der Waals surface area contributed by atoms with E-state index >= 15 is 0 Å². The van der Waals surface area contributed by atoms with Gasteiger partial charge in [0.15, 0.2) is 0 Å². The summed E-state index contributed by atoms with van der Waals surface area (Å²) in [7, 11) is 0. The summed E-state index contributed by atoms with van der Waals surface area (Å²) in [6, 6.07) is 5.77. The maximum absolute atomic E-state index is 12.4. The van der Waals surface area contributed by atoms with E-state index in [1.54, 1.807) is 12.1 Å². The second kappa shape index (κ2) is 4.23. The monoisotopic (exact) mass is 165 g/mol. The highest BCUT2D eigenvalue weighted by Crippen LogP contribution is 2.10. The van der Waals surface area contributed by atoms with E-state index in [4.69, 9.17) is 5.73 Å². The Labute approximate surface area is 69.5 Å². The maximum atomic E-state index is 12.4. The van der Waals surface area contributed by atoms with Crippen LogP contribution in [0.1, 0.15) is 0 Å². The minimum absolute atomic E-state index is 0.281. The molecule has 0 fully saturated rings. The molecule has 0 aromatic heterocycles. The van der Waals surface area contributed by atoms with Gasteiger partial charge in [-0.2, -0.15) is 0 Å². The second-order valence-corrected chi connectivity index (χ2v) is 2.02. The van der Waals surface area contributed by atoms with Gasteiger partial charge in [0.1, 0.15) is 12.2 Å². The minimum Gasteiger partial charge on any atom is -0.390 e. The molecule has 1 aromatic carbocycles. The summed E-state index contributed by atoms with van der Waals surface area (Å²) in [4.78, 5) is 7.42. The zero-order valence-corrected chi connectivity index (χ0v) is 6.31. The largest absolute Gasteiger partial charge is 0.390 e. The lowest BCUT2D eigenvalue weighted by Gasteiger charge is -1.89. The van der Waals surface area contributed by atoms with Crippen molar-refractivity contribution in [1.29, 1.82) is 0 Å². The van der Waals surface area contributed by atoms with Crippen molar-refractivity contribution in [3.05, 3.63) is 30.1 Å². The third kappa shape index (κ3) is 2.49. The van der Waals surface area contributed by atoms with Gasteiger partial charge >= 0.3 is 0 Å². The number of hydrogen-bond donors (Lipinski definition) is 1. The average Bonchev–Trinajstić information content (AvgIpc) is 2.09. The molecule has 0 radical (unpaired) electrons. The predicted octanol–water partition coefficient (Wildman–Crippen LogP) is 1.47. The van der Waals surface area contributed by atoms with Crippen molar-refractivity contribution in [3.63, 3.8) is 0 Å². The van der Waals surface area contributed by atoms with Gasteiger partial charge in [-0.1, -0.05) is 0 Å². The van der Waals surface area contributed by atoms with Gasteiger partial charge in [0, 0.05) is 0 Å². The summed E-state index contributed by atoms with van der Waals surface area (Å²) in [6.07, 6.45) is 2.43. The van der Waals surface area contributed by atoms with Crippen molar-refractivity contribution in [2.45, 2.75) is 0 Å². The van der Waals surface area contributed by atoms with Gasteiger partial charge in [0.25, 0.3) is 0 Å². The summed E-state index contributed by atoms with van der Waals surface area (Å²) >= 11 is 0. The van der Waals surface area contributed by atoms with E-state index in [0.29, 0.717) is 5.69 Å². The van der Waals surface area contributed by atoms with E-state index in [1.165, 1.54) is 18.5 Å². The molecule has 0 aliphatic heterocycles. The smallest absolute Gasteiger partial charge is 0.123 e. The molecule has 0 saturated carbocycles. The van der Waals surface area contributed by atoms with Crippen LogP contribution in [0.5, 0.6) is 0 Å². The van der Waals surface area contributed by atoms with Crippen LogP contribution < -0.4 is 5.73 Å². The number of rotatable bonds is 2. The molecule has 0 spiro atoms. The summed E-state index contributed by atoms with van der Waals surface area (Å²) in [5.41, 5.74) is 5.61. The first-order valence-electron chi connectivity index (χ1n) is 3.34. The van der Waals surface area contributed by atoms with Gasteiger partial charge in [-0.25, -0.2) is 14.4 Å². The zero-order valence-electron chi connectivity index (χ0n) is 6.31. The van der Waals surface area contributed by atoms with E-state index in [2.05, 4.69) is 9.98 Å². The molecule has 4 heteroatoms. The summed E-state index contributed by atoms with van der Waals surface area (Å²) in [6.45, 7) is 0. The molecule has 0 aliphatic carbocycles. The number of hydrogen-bond acceptors (Lipinski definition) is 1. The first kappa shape index (κ1) is 8.39. The van der Waals surface area contributed by atoms with Gasteiger partial charge < -0.3 is 5.73 Å². The van der Waals surface area contributed by atoms with Crippen LogP contribution >= 0.6 is 0 Å². The van der Waals surface area contributed by atoms with Crippen molar-refractivity contribution < 1.29 is 4.39 Å². The van der Waals surface area contributed by atoms with Crippen molar-refractivity contribution in [1.82, 2.24) is 0 Å². The Bertz CT molecular complexity index is 290. The van der Waals surface area contributed by atoms with Crippen LogP contribution in [-0.2, 0) is 0 Å². The SMILES string of the molecule is NC=NC=Nc1ccc(F)cc1. The summed E-state index contributed by atoms with van der Waals surface area (Å²) < 4.78 is 12.4. The van der Waals surface area contributed by atoms with Crippen molar-refractivity contribution in [2.75, 3.05) is 0 Å². The molecule has 0 amide bonds. The quantitative estimate of drug-likeness (QED) is 0.523. The number of benzene rings is 1. The second-order valence-electron chi connectivity index (χ2n) is 2.02. The number of aliphatic imine (C=N–C) groups is 2. The molecule has 12 heavy (non-hydrogen) atoms. The molecule has 0 bridgehead atoms. The normalized spacial score (nSPS) is 11.4. The van der Waals surface area contributed by atoms with Crippen LogP contribution in [0.25, 0.3) is 0 Å². The van der Waals surface area contributed by atoms with Gasteiger partial charge in [0.05, 0.1) is 12.0 Å². The van der Waals surface area contributed by atoms with E-state index < -0.39 is 0 Å². The Balaban J connectivity index is 2.70.